The second-order valence-electron chi connectivity index (χ2n) is 8.22. The van der Waals surface area contributed by atoms with E-state index in [9.17, 15) is 4.79 Å². The monoisotopic (exact) mass is 361 g/mol. The zero-order valence-corrected chi connectivity index (χ0v) is 15.9. The van der Waals surface area contributed by atoms with Gasteiger partial charge in [-0.3, -0.25) is 14.7 Å². The van der Waals surface area contributed by atoms with Crippen LogP contribution in [0.5, 0.6) is 0 Å². The van der Waals surface area contributed by atoms with Crippen molar-refractivity contribution in [1.82, 2.24) is 14.8 Å². The molecule has 2 aromatic rings. The summed E-state index contributed by atoms with van der Waals surface area (Å²) in [5, 5.41) is 0. The molecule has 4 saturated heterocycles. The van der Waals surface area contributed by atoms with Gasteiger partial charge < -0.3 is 4.90 Å². The highest BCUT2D eigenvalue weighted by molar-refractivity contribution is 5.95. The number of rotatable bonds is 3. The first-order valence-corrected chi connectivity index (χ1v) is 10.3. The van der Waals surface area contributed by atoms with E-state index in [0.717, 1.165) is 24.2 Å². The number of pyridine rings is 1. The number of benzene rings is 1. The van der Waals surface area contributed by atoms with Crippen LogP contribution in [0.15, 0.2) is 48.7 Å². The standard InChI is InChI=1S/C23H27N3O/c1-2-19-14-18(8-11-24-19)23(27)26-15-20(16-6-4-3-5-7-16)22-21(26)17-9-12-25(22)13-10-17/h3-8,11,14,17,20-22H,2,9-10,12-13,15H2,1H3/t20-,21+,22+/m1/s1. The van der Waals surface area contributed by atoms with Gasteiger partial charge in [0.15, 0.2) is 0 Å². The molecule has 1 aromatic carbocycles. The van der Waals surface area contributed by atoms with Crippen molar-refractivity contribution in [3.63, 3.8) is 0 Å². The molecule has 5 heterocycles. The van der Waals surface area contributed by atoms with Crippen LogP contribution in [0.4, 0.5) is 0 Å². The third kappa shape index (κ3) is 2.78. The lowest BCUT2D eigenvalue weighted by molar-refractivity contribution is -0.00341. The summed E-state index contributed by atoms with van der Waals surface area (Å²) in [7, 11) is 0. The molecule has 2 bridgehead atoms. The molecule has 0 N–H and O–H groups in total. The minimum absolute atomic E-state index is 0.189. The Kier molecular flexibility index (Phi) is 4.24. The molecular weight excluding hydrogens is 334 g/mol. The molecule has 0 spiro atoms. The molecule has 4 fully saturated rings. The first-order valence-electron chi connectivity index (χ1n) is 10.3. The first-order chi connectivity index (χ1) is 13.3. The fraction of sp³-hybridized carbons (Fsp3) is 0.478. The number of carbonyl (C=O) groups is 1. The number of amides is 1. The van der Waals surface area contributed by atoms with Gasteiger partial charge in [0.1, 0.15) is 0 Å². The van der Waals surface area contributed by atoms with E-state index in [2.05, 4.69) is 52.0 Å². The topological polar surface area (TPSA) is 36.4 Å². The van der Waals surface area contributed by atoms with Crippen molar-refractivity contribution in [3.8, 4) is 0 Å². The SMILES string of the molecule is CCc1cc(C(=O)N2C[C@H](c3ccccc3)[C@H]3[C@@H]2C2CCN3CC2)ccn1. The summed E-state index contributed by atoms with van der Waals surface area (Å²) in [6.07, 6.45) is 5.09. The number of nitrogens with zero attached hydrogens (tertiary/aromatic N) is 3. The van der Waals surface area contributed by atoms with Crippen molar-refractivity contribution in [2.24, 2.45) is 5.92 Å². The van der Waals surface area contributed by atoms with Crippen molar-refractivity contribution < 1.29 is 4.79 Å². The molecule has 0 aliphatic carbocycles. The zero-order valence-electron chi connectivity index (χ0n) is 15.9. The molecule has 1 aromatic heterocycles. The fourth-order valence-corrected chi connectivity index (χ4v) is 5.62. The summed E-state index contributed by atoms with van der Waals surface area (Å²) < 4.78 is 0. The Hall–Kier alpha value is -2.20. The third-order valence-electron chi connectivity index (χ3n) is 6.91. The average Bonchev–Trinajstić information content (AvgIpc) is 3.17. The smallest absolute Gasteiger partial charge is 0.254 e. The lowest BCUT2D eigenvalue weighted by atomic mass is 9.75. The second-order valence-corrected chi connectivity index (χ2v) is 8.22. The van der Waals surface area contributed by atoms with Crippen LogP contribution in [0.1, 0.15) is 47.3 Å². The van der Waals surface area contributed by atoms with Crippen LogP contribution in [0.3, 0.4) is 0 Å². The number of piperidine rings is 3. The normalized spacial score (nSPS) is 31.7. The highest BCUT2D eigenvalue weighted by Gasteiger charge is 2.54. The van der Waals surface area contributed by atoms with Crippen LogP contribution in [0.25, 0.3) is 0 Å². The molecule has 27 heavy (non-hydrogen) atoms. The van der Waals surface area contributed by atoms with E-state index in [4.69, 9.17) is 0 Å². The summed E-state index contributed by atoms with van der Waals surface area (Å²) in [6.45, 7) is 5.29. The maximum Gasteiger partial charge on any atom is 0.254 e. The number of fused-ring (bicyclic) bond motifs is 2. The summed E-state index contributed by atoms with van der Waals surface area (Å²) in [6, 6.07) is 15.5. The van der Waals surface area contributed by atoms with E-state index < -0.39 is 0 Å². The first kappa shape index (κ1) is 16.9. The Bertz CT molecular complexity index is 829. The minimum Gasteiger partial charge on any atom is -0.333 e. The number of aromatic nitrogens is 1. The Labute approximate surface area is 161 Å². The van der Waals surface area contributed by atoms with E-state index in [1.54, 1.807) is 6.20 Å². The van der Waals surface area contributed by atoms with E-state index in [1.807, 2.05) is 12.1 Å². The summed E-state index contributed by atoms with van der Waals surface area (Å²) in [5.41, 5.74) is 3.16. The van der Waals surface area contributed by atoms with Crippen LogP contribution in [0, 0.1) is 5.92 Å². The lowest BCUT2D eigenvalue weighted by Gasteiger charge is -2.51. The predicted octanol–water partition coefficient (Wildman–Crippen LogP) is 3.35. The van der Waals surface area contributed by atoms with Crippen molar-refractivity contribution in [3.05, 3.63) is 65.5 Å². The number of carbonyl (C=O) groups excluding carboxylic acids is 1. The minimum atomic E-state index is 0.189. The number of hydrogen-bond acceptors (Lipinski definition) is 3. The molecule has 0 saturated carbocycles. The van der Waals surface area contributed by atoms with Crippen molar-refractivity contribution >= 4 is 5.91 Å². The van der Waals surface area contributed by atoms with Gasteiger partial charge in [0.05, 0.1) is 6.04 Å². The molecule has 140 valence electrons. The maximum atomic E-state index is 13.5. The number of hydrogen-bond donors (Lipinski definition) is 0. The fourth-order valence-electron chi connectivity index (χ4n) is 5.62. The highest BCUT2D eigenvalue weighted by atomic mass is 16.2. The van der Waals surface area contributed by atoms with E-state index in [-0.39, 0.29) is 5.91 Å². The molecule has 0 radical (unpaired) electrons. The Morgan fingerprint density at radius 1 is 1.11 bits per heavy atom. The largest absolute Gasteiger partial charge is 0.333 e. The van der Waals surface area contributed by atoms with Crippen molar-refractivity contribution in [1.29, 1.82) is 0 Å². The molecule has 1 amide bonds. The van der Waals surface area contributed by atoms with Gasteiger partial charge in [0.25, 0.3) is 5.91 Å². The maximum absolute atomic E-state index is 13.5. The van der Waals surface area contributed by atoms with Gasteiger partial charge in [-0.2, -0.15) is 0 Å². The molecule has 3 atom stereocenters. The van der Waals surface area contributed by atoms with Crippen molar-refractivity contribution in [2.75, 3.05) is 19.6 Å². The van der Waals surface area contributed by atoms with Gasteiger partial charge in [0.2, 0.25) is 0 Å². The van der Waals surface area contributed by atoms with E-state index >= 15 is 0 Å². The predicted molar refractivity (Wildman–Crippen MR) is 106 cm³/mol. The molecule has 0 unspecified atom stereocenters. The van der Waals surface area contributed by atoms with Crippen molar-refractivity contribution in [2.45, 2.75) is 44.2 Å². The number of aryl methyl sites for hydroxylation is 1. The zero-order chi connectivity index (χ0) is 18.4. The molecule has 6 rings (SSSR count). The quantitative estimate of drug-likeness (QED) is 0.841. The van der Waals surface area contributed by atoms with Crippen LogP contribution in [-0.4, -0.2) is 52.4 Å². The van der Waals surface area contributed by atoms with Gasteiger partial charge in [-0.15, -0.1) is 0 Å². The van der Waals surface area contributed by atoms with Gasteiger partial charge in [-0.25, -0.2) is 0 Å². The molecular formula is C23H27N3O. The Balaban J connectivity index is 1.51. The van der Waals surface area contributed by atoms with Crippen LogP contribution in [0.2, 0.25) is 0 Å². The molecule has 4 aliphatic rings. The van der Waals surface area contributed by atoms with Gasteiger partial charge >= 0.3 is 0 Å². The molecule has 4 aliphatic heterocycles. The third-order valence-corrected chi connectivity index (χ3v) is 6.91. The van der Waals surface area contributed by atoms with Gasteiger partial charge in [-0.1, -0.05) is 37.3 Å². The Morgan fingerprint density at radius 2 is 1.89 bits per heavy atom. The van der Waals surface area contributed by atoms with Crippen LogP contribution in [-0.2, 0) is 6.42 Å². The summed E-state index contributed by atoms with van der Waals surface area (Å²) in [5.74, 6) is 1.25. The van der Waals surface area contributed by atoms with E-state index in [1.165, 1.54) is 31.5 Å². The van der Waals surface area contributed by atoms with Gasteiger partial charge in [0, 0.05) is 36.0 Å². The molecule has 4 nitrogen and oxygen atoms in total. The number of likely N-dealkylation sites (tertiary alicyclic amines) is 1. The second kappa shape index (κ2) is 6.75. The molecule has 4 heteroatoms. The van der Waals surface area contributed by atoms with Crippen LogP contribution < -0.4 is 0 Å². The average molecular weight is 361 g/mol. The summed E-state index contributed by atoms with van der Waals surface area (Å²) in [4.78, 5) is 22.7. The Morgan fingerprint density at radius 3 is 2.63 bits per heavy atom. The highest BCUT2D eigenvalue weighted by Crippen LogP contribution is 2.46. The lowest BCUT2D eigenvalue weighted by Crippen LogP contribution is -2.60. The van der Waals surface area contributed by atoms with E-state index in [0.29, 0.717) is 23.9 Å². The van der Waals surface area contributed by atoms with Gasteiger partial charge in [-0.05, 0) is 56.0 Å². The van der Waals surface area contributed by atoms with Crippen LogP contribution >= 0.6 is 0 Å². The summed E-state index contributed by atoms with van der Waals surface area (Å²) >= 11 is 0.